The summed E-state index contributed by atoms with van der Waals surface area (Å²) in [5, 5.41) is 9.72. The van der Waals surface area contributed by atoms with Gasteiger partial charge in [0.05, 0.1) is 12.5 Å². The Kier molecular flexibility index (Phi) is 11.3. The minimum Gasteiger partial charge on any atom is -0.426 e. The lowest BCUT2D eigenvalue weighted by atomic mass is 9.86. The van der Waals surface area contributed by atoms with Crippen LogP contribution in [0.4, 0.5) is 0 Å². The lowest BCUT2D eigenvalue weighted by molar-refractivity contribution is -0.137. The predicted octanol–water partition coefficient (Wildman–Crippen LogP) is 5.80. The first-order valence-electron chi connectivity index (χ1n) is 11.0. The molecule has 0 aliphatic carbocycles. The Labute approximate surface area is 194 Å². The average molecular weight is 448 g/mol. The molecule has 0 saturated carbocycles. The molecule has 0 bridgehead atoms. The fourth-order valence-corrected chi connectivity index (χ4v) is 3.87. The van der Waals surface area contributed by atoms with E-state index in [1.807, 2.05) is 50.2 Å². The maximum absolute atomic E-state index is 12.3. The van der Waals surface area contributed by atoms with E-state index in [9.17, 15) is 9.90 Å². The van der Waals surface area contributed by atoms with E-state index in [-0.39, 0.29) is 36.8 Å². The van der Waals surface area contributed by atoms with E-state index in [0.717, 1.165) is 24.1 Å². The maximum atomic E-state index is 12.3. The van der Waals surface area contributed by atoms with Crippen LogP contribution in [0.5, 0.6) is 5.75 Å². The largest absolute Gasteiger partial charge is 0.426 e. The van der Waals surface area contributed by atoms with Crippen LogP contribution in [0.25, 0.3) is 0 Å². The van der Waals surface area contributed by atoms with Crippen LogP contribution in [0.15, 0.2) is 48.5 Å². The molecule has 0 unspecified atom stereocenters. The minimum atomic E-state index is -0.245. The molecule has 31 heavy (non-hydrogen) atoms. The third-order valence-electron chi connectivity index (χ3n) is 5.52. The second-order valence-corrected chi connectivity index (χ2v) is 8.78. The van der Waals surface area contributed by atoms with Crippen molar-refractivity contribution in [2.75, 3.05) is 6.54 Å². The zero-order valence-corrected chi connectivity index (χ0v) is 20.5. The van der Waals surface area contributed by atoms with Crippen LogP contribution in [-0.4, -0.2) is 34.6 Å². The number of ether oxygens (including phenoxy) is 1. The van der Waals surface area contributed by atoms with E-state index >= 15 is 0 Å². The lowest BCUT2D eigenvalue weighted by Gasteiger charge is -2.32. The summed E-state index contributed by atoms with van der Waals surface area (Å²) < 4.78 is 5.78. The lowest BCUT2D eigenvalue weighted by Crippen LogP contribution is -2.38. The Hall–Kier alpha value is -1.88. The van der Waals surface area contributed by atoms with Gasteiger partial charge in [-0.15, -0.1) is 12.4 Å². The van der Waals surface area contributed by atoms with Gasteiger partial charge in [0.15, 0.2) is 0 Å². The number of esters is 1. The van der Waals surface area contributed by atoms with Crippen molar-refractivity contribution >= 4 is 18.4 Å². The van der Waals surface area contributed by atoms with Gasteiger partial charge in [-0.05, 0) is 63.9 Å². The molecule has 0 aliphatic heterocycles. The van der Waals surface area contributed by atoms with Crippen molar-refractivity contribution in [1.82, 2.24) is 4.90 Å². The molecule has 172 valence electrons. The van der Waals surface area contributed by atoms with Crippen LogP contribution in [0.3, 0.4) is 0 Å². The number of hydrogen-bond donors (Lipinski definition) is 1. The summed E-state index contributed by atoms with van der Waals surface area (Å²) in [6, 6.07) is 16.9. The second kappa shape index (κ2) is 12.8. The molecule has 0 aromatic heterocycles. The van der Waals surface area contributed by atoms with Crippen LogP contribution < -0.4 is 4.74 Å². The number of hydrogen-bond acceptors (Lipinski definition) is 4. The quantitative estimate of drug-likeness (QED) is 0.369. The third-order valence-corrected chi connectivity index (χ3v) is 5.52. The number of aliphatic hydroxyl groups is 1. The van der Waals surface area contributed by atoms with E-state index in [1.165, 1.54) is 5.56 Å². The summed E-state index contributed by atoms with van der Waals surface area (Å²) in [5.41, 5.74) is 2.95. The van der Waals surface area contributed by atoms with E-state index in [0.29, 0.717) is 17.8 Å². The van der Waals surface area contributed by atoms with Gasteiger partial charge in [0.2, 0.25) is 0 Å². The highest BCUT2D eigenvalue weighted by molar-refractivity contribution is 5.85. The van der Waals surface area contributed by atoms with E-state index in [1.54, 1.807) is 0 Å². The number of nitrogens with zero attached hydrogens (tertiary/aromatic N) is 1. The highest BCUT2D eigenvalue weighted by Crippen LogP contribution is 2.36. The van der Waals surface area contributed by atoms with Gasteiger partial charge < -0.3 is 9.84 Å². The molecule has 0 aliphatic rings. The summed E-state index contributed by atoms with van der Waals surface area (Å²) in [7, 11) is 0. The molecule has 2 aromatic rings. The number of benzene rings is 2. The Balaban J connectivity index is 0.00000480. The van der Waals surface area contributed by atoms with Gasteiger partial charge in [-0.2, -0.15) is 0 Å². The number of carbonyl (C=O) groups excluding carboxylic acids is 1. The minimum absolute atomic E-state index is 0. The first kappa shape index (κ1) is 27.2. The molecule has 0 spiro atoms. The molecule has 2 rings (SSSR count). The van der Waals surface area contributed by atoms with Crippen LogP contribution in [0, 0.1) is 5.92 Å². The molecule has 0 radical (unpaired) electrons. The van der Waals surface area contributed by atoms with Gasteiger partial charge in [-0.3, -0.25) is 9.69 Å². The molecule has 1 atom stereocenters. The maximum Gasteiger partial charge on any atom is 0.313 e. The number of rotatable bonds is 10. The van der Waals surface area contributed by atoms with Crippen molar-refractivity contribution in [3.05, 3.63) is 65.2 Å². The van der Waals surface area contributed by atoms with E-state index in [2.05, 4.69) is 44.7 Å². The Morgan fingerprint density at radius 3 is 2.10 bits per heavy atom. The van der Waals surface area contributed by atoms with E-state index in [4.69, 9.17) is 4.74 Å². The summed E-state index contributed by atoms with van der Waals surface area (Å²) in [6.07, 6.45) is 0.890. The first-order valence-corrected chi connectivity index (χ1v) is 11.0. The van der Waals surface area contributed by atoms with Gasteiger partial charge in [0.1, 0.15) is 5.75 Å². The van der Waals surface area contributed by atoms with Crippen LogP contribution in [0.1, 0.15) is 70.6 Å². The van der Waals surface area contributed by atoms with Crippen molar-refractivity contribution < 1.29 is 14.6 Å². The van der Waals surface area contributed by atoms with Crippen LogP contribution in [-0.2, 0) is 11.4 Å². The predicted molar refractivity (Wildman–Crippen MR) is 130 cm³/mol. The first-order chi connectivity index (χ1) is 14.2. The van der Waals surface area contributed by atoms with Crippen LogP contribution >= 0.6 is 12.4 Å². The molecule has 2 aromatic carbocycles. The topological polar surface area (TPSA) is 49.8 Å². The number of carbonyl (C=O) groups is 1. The monoisotopic (exact) mass is 447 g/mol. The van der Waals surface area contributed by atoms with Gasteiger partial charge in [0.25, 0.3) is 0 Å². The van der Waals surface area contributed by atoms with Crippen molar-refractivity contribution in [1.29, 1.82) is 0 Å². The summed E-state index contributed by atoms with van der Waals surface area (Å²) in [4.78, 5) is 14.8. The average Bonchev–Trinajstić information content (AvgIpc) is 2.71. The highest BCUT2D eigenvalue weighted by atomic mass is 35.5. The summed E-state index contributed by atoms with van der Waals surface area (Å²) in [6.45, 7) is 13.4. The molecule has 0 amide bonds. The molecule has 5 heteroatoms. The molecule has 4 nitrogen and oxygen atoms in total. The van der Waals surface area contributed by atoms with Gasteiger partial charge in [-0.25, -0.2) is 0 Å². The Morgan fingerprint density at radius 1 is 0.968 bits per heavy atom. The van der Waals surface area contributed by atoms with Crippen LogP contribution in [0.2, 0.25) is 0 Å². The molecular weight excluding hydrogens is 410 g/mol. The molecule has 0 heterocycles. The Bertz CT molecular complexity index is 798. The summed E-state index contributed by atoms with van der Waals surface area (Å²) >= 11 is 0. The van der Waals surface area contributed by atoms with Crippen molar-refractivity contribution in [2.45, 2.75) is 72.6 Å². The second-order valence-electron chi connectivity index (χ2n) is 8.78. The summed E-state index contributed by atoms with van der Waals surface area (Å²) in [5.74, 6) is 0.196. The fourth-order valence-electron chi connectivity index (χ4n) is 3.87. The normalized spacial score (nSPS) is 12.4. The smallest absolute Gasteiger partial charge is 0.313 e. The Morgan fingerprint density at radius 2 is 1.58 bits per heavy atom. The van der Waals surface area contributed by atoms with Gasteiger partial charge in [-0.1, -0.05) is 50.2 Å². The third kappa shape index (κ3) is 7.64. The fraction of sp³-hybridized carbons (Fsp3) is 0.500. The van der Waals surface area contributed by atoms with Gasteiger partial charge >= 0.3 is 5.97 Å². The number of halogens is 1. The van der Waals surface area contributed by atoms with Crippen molar-refractivity contribution in [3.8, 4) is 5.75 Å². The molecule has 1 N–H and O–H groups in total. The van der Waals surface area contributed by atoms with Gasteiger partial charge in [0, 0.05) is 23.6 Å². The highest BCUT2D eigenvalue weighted by Gasteiger charge is 2.23. The standard InChI is InChI=1S/C26H37NO3.ClH/c1-18(2)26(29)30-25-13-12-21(17-28)16-24(25)23(22-10-8-7-9-11-22)14-15-27(19(3)4)20(5)6;/h7-13,16,18-20,23,28H,14-15,17H2,1-6H3;1H/t23-;/m0./s1. The molecular formula is C26H38ClNO3. The van der Waals surface area contributed by atoms with Crippen molar-refractivity contribution in [2.24, 2.45) is 5.92 Å². The molecule has 0 fully saturated rings. The van der Waals surface area contributed by atoms with Crippen molar-refractivity contribution in [3.63, 3.8) is 0 Å². The number of aliphatic hydroxyl groups excluding tert-OH is 1. The SMILES string of the molecule is CC(C)C(=O)Oc1ccc(CO)cc1[C@@H](CCN(C(C)C)C(C)C)c1ccccc1.Cl. The zero-order chi connectivity index (χ0) is 22.3. The molecule has 0 saturated heterocycles. The van der Waals surface area contributed by atoms with E-state index < -0.39 is 0 Å². The zero-order valence-electron chi connectivity index (χ0n) is 19.7.